The Kier molecular flexibility index (Phi) is 11.3. The summed E-state index contributed by atoms with van der Waals surface area (Å²) >= 11 is 0. The standard InChI is InChI=1S/C4H6O6.Al.H3O4P/c5-1(3(7)8)2(6)4(9)10;;1-5(2,3)4/h1-2,5-6H,(H,7,8)(H,9,10);;(H3,1,2,3,4)/q;+3;/p-3. The number of hydrogen-bond acceptors (Lipinski definition) is 8. The van der Waals surface area contributed by atoms with Gasteiger partial charge >= 0.3 is 17.4 Å². The van der Waals surface area contributed by atoms with E-state index < -0.39 is 32.0 Å². The molecule has 0 fully saturated rings. The fourth-order valence-electron chi connectivity index (χ4n) is 0.258. The number of carboxylic acid groups (broad SMARTS) is 2. The number of carboxylic acids is 2. The second-order valence-electron chi connectivity index (χ2n) is 2.02. The van der Waals surface area contributed by atoms with Gasteiger partial charge in [0.1, 0.15) is 12.2 Å². The van der Waals surface area contributed by atoms with Gasteiger partial charge < -0.3 is 44.7 Å². The molecule has 0 aromatic carbocycles. The molecule has 0 rings (SSSR count). The summed E-state index contributed by atoms with van der Waals surface area (Å²) in [5.41, 5.74) is 0. The number of phosphoric acid groups is 1. The van der Waals surface area contributed by atoms with Crippen LogP contribution in [0, 0.1) is 0 Å². The summed E-state index contributed by atoms with van der Waals surface area (Å²) in [7, 11) is -4.89. The SMILES string of the molecule is O=C([O-])C(O)C(O)C(=O)[O-].O=P([O-])(O)O.[Al+3]. The average Bonchev–Trinajstić information content (AvgIpc) is 1.98. The van der Waals surface area contributed by atoms with Crippen LogP contribution in [-0.2, 0) is 14.2 Å². The zero-order valence-electron chi connectivity index (χ0n) is 7.42. The molecule has 0 amide bonds. The summed E-state index contributed by atoms with van der Waals surface area (Å²) in [5.74, 6) is -4.12. The van der Waals surface area contributed by atoms with E-state index in [9.17, 15) is 19.8 Å². The molecule has 0 aromatic rings. The Labute approximate surface area is 99.1 Å². The molecule has 90 valence electrons. The maximum absolute atomic E-state index is 9.63. The van der Waals surface area contributed by atoms with Gasteiger partial charge in [0.15, 0.2) is 0 Å². The zero-order valence-corrected chi connectivity index (χ0v) is 9.47. The van der Waals surface area contributed by atoms with Gasteiger partial charge in [-0.3, -0.25) is 4.57 Å². The third-order valence-corrected chi connectivity index (χ3v) is 0.782. The van der Waals surface area contributed by atoms with E-state index in [-0.39, 0.29) is 17.4 Å². The normalized spacial score (nSPS) is 13.6. The molecule has 12 heteroatoms. The van der Waals surface area contributed by atoms with Crippen LogP contribution in [-0.4, -0.2) is 61.5 Å². The molecule has 0 bridgehead atoms. The first-order valence-corrected chi connectivity index (χ1v) is 4.54. The van der Waals surface area contributed by atoms with Crippen molar-refractivity contribution in [1.29, 1.82) is 0 Å². The number of rotatable bonds is 3. The van der Waals surface area contributed by atoms with Crippen molar-refractivity contribution >= 4 is 37.1 Å². The van der Waals surface area contributed by atoms with Crippen molar-refractivity contribution < 1.29 is 49.3 Å². The fraction of sp³-hybridized carbons (Fsp3) is 0.500. The number of hydrogen-bond donors (Lipinski definition) is 4. The molecule has 2 atom stereocenters. The number of carbonyl (C=O) groups is 2. The summed E-state index contributed by atoms with van der Waals surface area (Å²) in [4.78, 5) is 42.2. The van der Waals surface area contributed by atoms with Crippen LogP contribution in [0.15, 0.2) is 0 Å². The first-order chi connectivity index (χ1) is 6.46. The number of aliphatic carboxylic acids is 2. The smallest absolute Gasteiger partial charge is 0.756 e. The van der Waals surface area contributed by atoms with Crippen LogP contribution in [0.5, 0.6) is 0 Å². The van der Waals surface area contributed by atoms with Crippen molar-refractivity contribution in [2.24, 2.45) is 0 Å². The summed E-state index contributed by atoms with van der Waals surface area (Å²) in [6.45, 7) is 0. The monoisotopic (exact) mass is 272 g/mol. The molecule has 0 saturated carbocycles. The summed E-state index contributed by atoms with van der Waals surface area (Å²) < 4.78 is 8.77. The third kappa shape index (κ3) is 16.0. The van der Waals surface area contributed by atoms with E-state index >= 15 is 0 Å². The molecule has 10 nitrogen and oxygen atoms in total. The van der Waals surface area contributed by atoms with Gasteiger partial charge in [0, 0.05) is 0 Å². The summed E-state index contributed by atoms with van der Waals surface area (Å²) in [6.07, 6.45) is -4.88. The van der Waals surface area contributed by atoms with Crippen LogP contribution in [0.4, 0.5) is 0 Å². The minimum atomic E-state index is -4.89. The summed E-state index contributed by atoms with van der Waals surface area (Å²) in [6, 6.07) is 0. The van der Waals surface area contributed by atoms with Crippen molar-refractivity contribution in [2.45, 2.75) is 12.2 Å². The molecule has 2 unspecified atom stereocenters. The predicted molar refractivity (Wildman–Crippen MR) is 39.8 cm³/mol. The Bertz CT molecular complexity index is 246. The van der Waals surface area contributed by atoms with Gasteiger partial charge in [-0.2, -0.15) is 0 Å². The molecule has 0 aromatic heterocycles. The molecule has 4 N–H and O–H groups in total. The maximum Gasteiger partial charge on any atom is 3.00 e. The molecule has 0 aliphatic carbocycles. The Morgan fingerprint density at radius 2 is 1.12 bits per heavy atom. The van der Waals surface area contributed by atoms with Crippen LogP contribution in [0.1, 0.15) is 0 Å². The van der Waals surface area contributed by atoms with E-state index in [1.165, 1.54) is 0 Å². The number of aliphatic hydroxyl groups excluding tert-OH is 2. The van der Waals surface area contributed by atoms with Gasteiger partial charge in [-0.1, -0.05) is 0 Å². The van der Waals surface area contributed by atoms with E-state index in [4.69, 9.17) is 29.5 Å². The fourth-order valence-corrected chi connectivity index (χ4v) is 0.258. The molecule has 0 saturated heterocycles. The van der Waals surface area contributed by atoms with Crippen LogP contribution in [0.2, 0.25) is 0 Å². The van der Waals surface area contributed by atoms with Crippen molar-refractivity contribution in [1.82, 2.24) is 0 Å². The van der Waals surface area contributed by atoms with E-state index in [0.29, 0.717) is 0 Å². The van der Waals surface area contributed by atoms with Crippen LogP contribution in [0.25, 0.3) is 0 Å². The molecular formula is C4H6AlO10P. The second kappa shape index (κ2) is 8.63. The van der Waals surface area contributed by atoms with Crippen LogP contribution < -0.4 is 15.1 Å². The Balaban J connectivity index is -0.000000242. The van der Waals surface area contributed by atoms with Crippen molar-refractivity contribution in [3.05, 3.63) is 0 Å². The second-order valence-corrected chi connectivity index (χ2v) is 3.00. The molecule has 16 heavy (non-hydrogen) atoms. The van der Waals surface area contributed by atoms with Gasteiger partial charge in [0.2, 0.25) is 0 Å². The maximum atomic E-state index is 9.63. The Morgan fingerprint density at radius 3 is 1.19 bits per heavy atom. The molecular weight excluding hydrogens is 266 g/mol. The van der Waals surface area contributed by atoms with Gasteiger partial charge in [0.25, 0.3) is 7.82 Å². The average molecular weight is 272 g/mol. The molecule has 0 aliphatic rings. The molecule has 0 aliphatic heterocycles. The Hall–Kier alpha value is -0.498. The quantitative estimate of drug-likeness (QED) is 0.282. The van der Waals surface area contributed by atoms with E-state index in [1.807, 2.05) is 0 Å². The first kappa shape index (κ1) is 20.9. The van der Waals surface area contributed by atoms with Crippen LogP contribution in [0.3, 0.4) is 0 Å². The zero-order chi connectivity index (χ0) is 12.8. The van der Waals surface area contributed by atoms with Crippen molar-refractivity contribution in [3.63, 3.8) is 0 Å². The van der Waals surface area contributed by atoms with Crippen molar-refractivity contribution in [2.75, 3.05) is 0 Å². The van der Waals surface area contributed by atoms with E-state index in [0.717, 1.165) is 0 Å². The third-order valence-electron chi connectivity index (χ3n) is 0.782. The summed E-state index contributed by atoms with van der Waals surface area (Å²) in [5, 5.41) is 35.7. The Morgan fingerprint density at radius 1 is 1.00 bits per heavy atom. The van der Waals surface area contributed by atoms with Gasteiger partial charge in [-0.05, 0) is 0 Å². The van der Waals surface area contributed by atoms with E-state index in [1.54, 1.807) is 0 Å². The predicted octanol–water partition coefficient (Wildman–Crippen LogP) is -6.73. The topological polar surface area (TPSA) is 201 Å². The molecule has 0 heterocycles. The van der Waals surface area contributed by atoms with Gasteiger partial charge in [-0.15, -0.1) is 0 Å². The van der Waals surface area contributed by atoms with Crippen LogP contribution >= 0.6 is 7.82 Å². The first-order valence-electron chi connectivity index (χ1n) is 3.01. The van der Waals surface area contributed by atoms with Crippen molar-refractivity contribution in [3.8, 4) is 0 Å². The van der Waals surface area contributed by atoms with Gasteiger partial charge in [-0.25, -0.2) is 0 Å². The molecule has 0 radical (unpaired) electrons. The minimum absolute atomic E-state index is 0. The number of aliphatic hydroxyl groups is 2. The number of carbonyl (C=O) groups excluding carboxylic acids is 2. The minimum Gasteiger partial charge on any atom is -0.756 e. The van der Waals surface area contributed by atoms with Gasteiger partial charge in [0.05, 0.1) is 11.9 Å². The molecule has 0 spiro atoms. The van der Waals surface area contributed by atoms with E-state index in [2.05, 4.69) is 0 Å². The largest absolute Gasteiger partial charge is 3.00 e.